The van der Waals surface area contributed by atoms with Gasteiger partial charge in [0.1, 0.15) is 29.8 Å². The summed E-state index contributed by atoms with van der Waals surface area (Å²) >= 11 is 0. The zero-order chi connectivity index (χ0) is 20.8. The number of anilines is 2. The van der Waals surface area contributed by atoms with Crippen LogP contribution in [0.25, 0.3) is 11.4 Å². The highest BCUT2D eigenvalue weighted by atomic mass is 19.3. The van der Waals surface area contributed by atoms with Crippen LogP contribution in [0, 0.1) is 0 Å². The number of fused-ring (bicyclic) bond motifs is 1. The van der Waals surface area contributed by atoms with Crippen molar-refractivity contribution in [3.63, 3.8) is 0 Å². The molecule has 154 valence electrons. The molecular weight excluding hydrogens is 382 g/mol. The Labute approximate surface area is 166 Å². The predicted octanol–water partition coefficient (Wildman–Crippen LogP) is 3.07. The number of carbonyl (C=O) groups excluding carboxylic acids is 1. The zero-order valence-electron chi connectivity index (χ0n) is 16.4. The molecule has 2 atom stereocenters. The van der Waals surface area contributed by atoms with Crippen LogP contribution < -0.4 is 15.5 Å². The summed E-state index contributed by atoms with van der Waals surface area (Å²) in [7, 11) is 0. The van der Waals surface area contributed by atoms with Gasteiger partial charge in [-0.1, -0.05) is 0 Å². The summed E-state index contributed by atoms with van der Waals surface area (Å²) in [6.07, 6.45) is 0.0226. The van der Waals surface area contributed by atoms with E-state index in [0.717, 1.165) is 13.5 Å². The van der Waals surface area contributed by atoms with Crippen LogP contribution in [0.1, 0.15) is 38.0 Å². The van der Waals surface area contributed by atoms with Crippen molar-refractivity contribution < 1.29 is 18.3 Å². The highest BCUT2D eigenvalue weighted by molar-refractivity contribution is 5.88. The number of halogens is 2. The molecule has 0 radical (unpaired) electrons. The van der Waals surface area contributed by atoms with Gasteiger partial charge in [-0.2, -0.15) is 0 Å². The average molecular weight is 404 g/mol. The maximum Gasteiger partial charge on any atom is 0.413 e. The Balaban J connectivity index is 1.85. The monoisotopic (exact) mass is 404 g/mol. The third-order valence-corrected chi connectivity index (χ3v) is 5.05. The fourth-order valence-corrected chi connectivity index (χ4v) is 3.62. The lowest BCUT2D eigenvalue weighted by molar-refractivity contribution is 0.0174. The Kier molecular flexibility index (Phi) is 4.81. The fraction of sp³-hybridized carbons (Fsp3) is 0.474. The Morgan fingerprint density at radius 3 is 2.79 bits per heavy atom. The first-order valence-electron chi connectivity index (χ1n) is 9.44. The summed E-state index contributed by atoms with van der Waals surface area (Å²) in [6, 6.07) is 2.98. The number of carbonyl (C=O) groups is 1. The van der Waals surface area contributed by atoms with E-state index >= 15 is 0 Å². The SMILES string of the molecule is C[C@H]1CN(c2cc(C(C)(F)F)cc(-c3ncnc4c3[C@@H](C)OC(=O)N4)n2)CCN1. The van der Waals surface area contributed by atoms with Crippen molar-refractivity contribution in [1.29, 1.82) is 0 Å². The minimum absolute atomic E-state index is 0.149. The van der Waals surface area contributed by atoms with Crippen LogP contribution in [0.15, 0.2) is 18.5 Å². The van der Waals surface area contributed by atoms with Gasteiger partial charge in [-0.05, 0) is 26.0 Å². The molecule has 2 aliphatic heterocycles. The van der Waals surface area contributed by atoms with Crippen LogP contribution in [0.3, 0.4) is 0 Å². The van der Waals surface area contributed by atoms with E-state index in [0.29, 0.717) is 36.0 Å². The van der Waals surface area contributed by atoms with Crippen LogP contribution in [0.5, 0.6) is 0 Å². The van der Waals surface area contributed by atoms with Gasteiger partial charge >= 0.3 is 6.09 Å². The summed E-state index contributed by atoms with van der Waals surface area (Å²) in [5.41, 5.74) is 1.01. The van der Waals surface area contributed by atoms with Crippen molar-refractivity contribution >= 4 is 17.7 Å². The molecule has 0 saturated carbocycles. The molecule has 8 nitrogen and oxygen atoms in total. The number of piperazine rings is 1. The van der Waals surface area contributed by atoms with Gasteiger partial charge in [-0.25, -0.2) is 28.5 Å². The number of hydrogen-bond acceptors (Lipinski definition) is 7. The predicted molar refractivity (Wildman–Crippen MR) is 103 cm³/mol. The van der Waals surface area contributed by atoms with Crippen LogP contribution >= 0.6 is 0 Å². The molecule has 4 rings (SSSR count). The van der Waals surface area contributed by atoms with Crippen molar-refractivity contribution in [2.45, 2.75) is 38.8 Å². The van der Waals surface area contributed by atoms with Gasteiger partial charge in [0.2, 0.25) is 0 Å². The molecule has 0 aliphatic carbocycles. The number of cyclic esters (lactones) is 1. The molecular formula is C19H22F2N6O2. The molecule has 0 spiro atoms. The Hall–Kier alpha value is -2.88. The van der Waals surface area contributed by atoms with Crippen LogP contribution in [-0.2, 0) is 10.7 Å². The summed E-state index contributed by atoms with van der Waals surface area (Å²) in [5.74, 6) is -2.28. The molecule has 1 amide bonds. The van der Waals surface area contributed by atoms with Gasteiger partial charge in [0, 0.05) is 38.2 Å². The van der Waals surface area contributed by atoms with Crippen LogP contribution in [-0.4, -0.2) is 46.7 Å². The number of amides is 1. The van der Waals surface area contributed by atoms with Crippen LogP contribution in [0.2, 0.25) is 0 Å². The van der Waals surface area contributed by atoms with E-state index in [-0.39, 0.29) is 17.3 Å². The molecule has 2 aliphatic rings. The third-order valence-electron chi connectivity index (χ3n) is 5.05. The summed E-state index contributed by atoms with van der Waals surface area (Å²) in [5, 5.41) is 5.85. The number of alkyl halides is 2. The van der Waals surface area contributed by atoms with E-state index in [4.69, 9.17) is 4.74 Å². The van der Waals surface area contributed by atoms with Gasteiger partial charge in [-0.3, -0.25) is 5.32 Å². The highest BCUT2D eigenvalue weighted by Crippen LogP contribution is 2.38. The highest BCUT2D eigenvalue weighted by Gasteiger charge is 2.32. The van der Waals surface area contributed by atoms with Crippen molar-refractivity contribution in [1.82, 2.24) is 20.3 Å². The molecule has 0 bridgehead atoms. The van der Waals surface area contributed by atoms with Crippen molar-refractivity contribution in [2.24, 2.45) is 0 Å². The van der Waals surface area contributed by atoms with E-state index in [1.807, 2.05) is 11.8 Å². The van der Waals surface area contributed by atoms with E-state index < -0.39 is 18.1 Å². The molecule has 2 aromatic rings. The molecule has 10 heteroatoms. The van der Waals surface area contributed by atoms with Gasteiger partial charge in [0.05, 0.1) is 11.3 Å². The second-order valence-electron chi connectivity index (χ2n) is 7.45. The van der Waals surface area contributed by atoms with Crippen molar-refractivity contribution in [2.75, 3.05) is 29.9 Å². The molecule has 2 aromatic heterocycles. The summed E-state index contributed by atoms with van der Waals surface area (Å²) < 4.78 is 33.7. The summed E-state index contributed by atoms with van der Waals surface area (Å²) in [4.78, 5) is 26.6. The Bertz CT molecular complexity index is 949. The second-order valence-corrected chi connectivity index (χ2v) is 7.45. The molecule has 1 fully saturated rings. The lowest BCUT2D eigenvalue weighted by Gasteiger charge is -2.33. The summed E-state index contributed by atoms with van der Waals surface area (Å²) in [6.45, 7) is 6.63. The van der Waals surface area contributed by atoms with Gasteiger partial charge in [-0.15, -0.1) is 0 Å². The number of nitrogens with zero attached hydrogens (tertiary/aromatic N) is 4. The maximum atomic E-state index is 14.3. The number of rotatable bonds is 3. The second kappa shape index (κ2) is 7.18. The number of aromatic nitrogens is 3. The standard InChI is InChI=1S/C19H22F2N6O2/c1-10-8-27(5-4-22-10)14-7-12(19(3,20)21)6-13(25-14)16-15-11(2)29-18(28)26-17(15)24-9-23-16/h6-7,9-11,22H,4-5,8H2,1-3H3,(H,23,24,26,28)/t10-,11+/m0/s1. The Morgan fingerprint density at radius 2 is 2.07 bits per heavy atom. The first-order valence-corrected chi connectivity index (χ1v) is 9.44. The first-order chi connectivity index (χ1) is 13.7. The minimum Gasteiger partial charge on any atom is -0.441 e. The van der Waals surface area contributed by atoms with Gasteiger partial charge in [0.15, 0.2) is 0 Å². The van der Waals surface area contributed by atoms with E-state index in [9.17, 15) is 13.6 Å². The van der Waals surface area contributed by atoms with Crippen molar-refractivity contribution in [3.8, 4) is 11.4 Å². The zero-order valence-corrected chi connectivity index (χ0v) is 16.4. The Morgan fingerprint density at radius 1 is 1.28 bits per heavy atom. The quantitative estimate of drug-likeness (QED) is 0.812. The van der Waals surface area contributed by atoms with E-state index in [1.54, 1.807) is 6.92 Å². The number of nitrogens with one attached hydrogen (secondary N) is 2. The third kappa shape index (κ3) is 3.84. The lowest BCUT2D eigenvalue weighted by Crippen LogP contribution is -2.49. The lowest BCUT2D eigenvalue weighted by atomic mass is 10.0. The molecule has 0 aromatic carbocycles. The van der Waals surface area contributed by atoms with Crippen molar-refractivity contribution in [3.05, 3.63) is 29.6 Å². The molecule has 0 unspecified atom stereocenters. The minimum atomic E-state index is -3.05. The van der Waals surface area contributed by atoms with E-state index in [1.165, 1.54) is 18.5 Å². The van der Waals surface area contributed by atoms with E-state index in [2.05, 4.69) is 25.6 Å². The maximum absolute atomic E-state index is 14.3. The number of ether oxygens (including phenoxy) is 1. The number of pyridine rings is 1. The van der Waals surface area contributed by atoms with Gasteiger partial charge < -0.3 is 15.0 Å². The fourth-order valence-electron chi connectivity index (χ4n) is 3.62. The molecule has 4 heterocycles. The normalized spacial score (nSPS) is 22.0. The topological polar surface area (TPSA) is 92.3 Å². The van der Waals surface area contributed by atoms with Crippen LogP contribution in [0.4, 0.5) is 25.2 Å². The number of hydrogen-bond donors (Lipinski definition) is 2. The average Bonchev–Trinajstić information content (AvgIpc) is 2.66. The smallest absolute Gasteiger partial charge is 0.413 e. The largest absolute Gasteiger partial charge is 0.441 e. The molecule has 2 N–H and O–H groups in total. The molecule has 1 saturated heterocycles. The van der Waals surface area contributed by atoms with Gasteiger partial charge in [0.25, 0.3) is 5.92 Å². The first kappa shape index (κ1) is 19.4. The molecule has 29 heavy (non-hydrogen) atoms.